The first kappa shape index (κ1) is 14.6. The van der Waals surface area contributed by atoms with Crippen molar-refractivity contribution in [2.24, 2.45) is 0 Å². The van der Waals surface area contributed by atoms with Gasteiger partial charge < -0.3 is 14.8 Å². The molecule has 18 heavy (non-hydrogen) atoms. The summed E-state index contributed by atoms with van der Waals surface area (Å²) in [5, 5.41) is 3.18. The number of hydrogen-bond acceptors (Lipinski definition) is 4. The van der Waals surface area contributed by atoms with Crippen molar-refractivity contribution in [3.8, 4) is 0 Å². The van der Waals surface area contributed by atoms with E-state index in [0.29, 0.717) is 13.2 Å². The maximum atomic E-state index is 12.6. The quantitative estimate of drug-likeness (QED) is 0.565. The number of rotatable bonds is 8. The summed E-state index contributed by atoms with van der Waals surface area (Å²) in [6.07, 6.45) is 0.733. The van der Waals surface area contributed by atoms with Crippen molar-refractivity contribution in [2.75, 3.05) is 26.9 Å². The van der Waals surface area contributed by atoms with Crippen LogP contribution in [0.5, 0.6) is 0 Å². The molecule has 0 unspecified atom stereocenters. The Morgan fingerprint density at radius 3 is 2.72 bits per heavy atom. The first-order valence-corrected chi connectivity index (χ1v) is 5.82. The molecule has 4 nitrogen and oxygen atoms in total. The Morgan fingerprint density at radius 2 is 2.06 bits per heavy atom. The summed E-state index contributed by atoms with van der Waals surface area (Å²) in [7, 11) is 1.45. The van der Waals surface area contributed by atoms with E-state index in [2.05, 4.69) is 10.1 Å². The molecule has 5 heteroatoms. The maximum absolute atomic E-state index is 12.6. The average molecular weight is 255 g/mol. The number of carbonyl (C=O) groups is 1. The van der Waals surface area contributed by atoms with Gasteiger partial charge in [0.05, 0.1) is 6.61 Å². The Bertz CT molecular complexity index is 354. The Labute approximate surface area is 106 Å². The second-order valence-electron chi connectivity index (χ2n) is 3.81. The van der Waals surface area contributed by atoms with E-state index < -0.39 is 0 Å². The molecule has 0 heterocycles. The first-order valence-electron chi connectivity index (χ1n) is 5.82. The highest BCUT2D eigenvalue weighted by molar-refractivity contribution is 5.70. The zero-order valence-corrected chi connectivity index (χ0v) is 10.4. The number of esters is 1. The van der Waals surface area contributed by atoms with Gasteiger partial charge in [0.1, 0.15) is 12.4 Å². The van der Waals surface area contributed by atoms with Crippen molar-refractivity contribution in [2.45, 2.75) is 13.0 Å². The van der Waals surface area contributed by atoms with Crippen LogP contribution in [0.1, 0.15) is 12.0 Å². The smallest absolute Gasteiger partial charge is 0.332 e. The molecule has 0 atom stereocenters. The predicted octanol–water partition coefficient (Wildman–Crippen LogP) is 1.49. The fraction of sp³-hybridized carbons (Fsp3) is 0.462. The van der Waals surface area contributed by atoms with Gasteiger partial charge in [0.2, 0.25) is 0 Å². The van der Waals surface area contributed by atoms with E-state index in [4.69, 9.17) is 4.74 Å². The van der Waals surface area contributed by atoms with E-state index in [1.54, 1.807) is 12.1 Å². The highest BCUT2D eigenvalue weighted by Gasteiger charge is 2.00. The van der Waals surface area contributed by atoms with Crippen LogP contribution in [0, 0.1) is 5.82 Å². The maximum Gasteiger partial charge on any atom is 0.332 e. The van der Waals surface area contributed by atoms with E-state index in [1.807, 2.05) is 0 Å². The van der Waals surface area contributed by atoms with E-state index in [0.717, 1.165) is 18.5 Å². The second-order valence-corrected chi connectivity index (χ2v) is 3.81. The molecule has 0 aliphatic carbocycles. The average Bonchev–Trinajstić information content (AvgIpc) is 2.36. The first-order chi connectivity index (χ1) is 8.72. The Hall–Kier alpha value is -1.46. The molecule has 0 saturated heterocycles. The summed E-state index contributed by atoms with van der Waals surface area (Å²) >= 11 is 0. The summed E-state index contributed by atoms with van der Waals surface area (Å²) in [6.45, 7) is 1.77. The number of hydrogen-bond donors (Lipinski definition) is 1. The third-order valence-electron chi connectivity index (χ3n) is 2.27. The number of nitrogens with one attached hydrogen (secondary N) is 1. The standard InChI is InChI=1S/C13H18FNO3/c1-17-10-13(16)18-8-2-7-15-9-11-3-5-12(14)6-4-11/h3-6,15H,2,7-10H2,1H3. The van der Waals surface area contributed by atoms with Crippen molar-refractivity contribution in [3.05, 3.63) is 35.6 Å². The monoisotopic (exact) mass is 255 g/mol. The van der Waals surface area contributed by atoms with Gasteiger partial charge in [0.15, 0.2) is 0 Å². The van der Waals surface area contributed by atoms with Crippen LogP contribution in [0.3, 0.4) is 0 Å². The Balaban J connectivity index is 2.02. The number of benzene rings is 1. The molecular formula is C13H18FNO3. The SMILES string of the molecule is COCC(=O)OCCCNCc1ccc(F)cc1. The highest BCUT2D eigenvalue weighted by Crippen LogP contribution is 2.01. The molecule has 0 spiro atoms. The van der Waals surface area contributed by atoms with Crippen LogP contribution in [-0.2, 0) is 20.8 Å². The summed E-state index contributed by atoms with van der Waals surface area (Å²) in [4.78, 5) is 10.9. The largest absolute Gasteiger partial charge is 0.464 e. The summed E-state index contributed by atoms with van der Waals surface area (Å²) in [5.41, 5.74) is 1.02. The van der Waals surface area contributed by atoms with Crippen molar-refractivity contribution < 1.29 is 18.7 Å². The van der Waals surface area contributed by atoms with Crippen LogP contribution in [0.4, 0.5) is 4.39 Å². The van der Waals surface area contributed by atoms with Crippen LogP contribution < -0.4 is 5.32 Å². The molecule has 0 aliphatic rings. The lowest BCUT2D eigenvalue weighted by Gasteiger charge is -2.06. The fourth-order valence-corrected chi connectivity index (χ4v) is 1.38. The molecule has 1 N–H and O–H groups in total. The van der Waals surface area contributed by atoms with Crippen molar-refractivity contribution >= 4 is 5.97 Å². The minimum absolute atomic E-state index is 0.0109. The van der Waals surface area contributed by atoms with Crippen LogP contribution in [-0.4, -0.2) is 32.8 Å². The van der Waals surface area contributed by atoms with Gasteiger partial charge >= 0.3 is 5.97 Å². The third-order valence-corrected chi connectivity index (χ3v) is 2.27. The van der Waals surface area contributed by atoms with Gasteiger partial charge in [-0.05, 0) is 30.7 Å². The van der Waals surface area contributed by atoms with Gasteiger partial charge in [-0.15, -0.1) is 0 Å². The van der Waals surface area contributed by atoms with E-state index in [1.165, 1.54) is 19.2 Å². The van der Waals surface area contributed by atoms with Gasteiger partial charge in [-0.2, -0.15) is 0 Å². The second kappa shape index (κ2) is 8.60. The van der Waals surface area contributed by atoms with Gasteiger partial charge in [-0.25, -0.2) is 9.18 Å². The van der Waals surface area contributed by atoms with Gasteiger partial charge in [-0.3, -0.25) is 0 Å². The minimum Gasteiger partial charge on any atom is -0.464 e. The molecule has 0 aliphatic heterocycles. The zero-order valence-electron chi connectivity index (χ0n) is 10.4. The van der Waals surface area contributed by atoms with Crippen molar-refractivity contribution in [3.63, 3.8) is 0 Å². The topological polar surface area (TPSA) is 47.6 Å². The predicted molar refractivity (Wildman–Crippen MR) is 65.6 cm³/mol. The Kier molecular flexibility index (Phi) is 6.98. The highest BCUT2D eigenvalue weighted by atomic mass is 19.1. The number of halogens is 1. The molecular weight excluding hydrogens is 237 g/mol. The third kappa shape index (κ3) is 6.32. The van der Waals surface area contributed by atoms with E-state index in [9.17, 15) is 9.18 Å². The van der Waals surface area contributed by atoms with Crippen LogP contribution in [0.2, 0.25) is 0 Å². The summed E-state index contributed by atoms with van der Waals surface area (Å²) in [5.74, 6) is -0.583. The minimum atomic E-state index is -0.351. The van der Waals surface area contributed by atoms with Crippen LogP contribution >= 0.6 is 0 Å². The van der Waals surface area contributed by atoms with Crippen molar-refractivity contribution in [1.82, 2.24) is 5.32 Å². The fourth-order valence-electron chi connectivity index (χ4n) is 1.38. The molecule has 0 aromatic heterocycles. The lowest BCUT2D eigenvalue weighted by molar-refractivity contribution is -0.147. The van der Waals surface area contributed by atoms with E-state index in [-0.39, 0.29) is 18.4 Å². The van der Waals surface area contributed by atoms with Gasteiger partial charge in [0.25, 0.3) is 0 Å². The van der Waals surface area contributed by atoms with Crippen molar-refractivity contribution in [1.29, 1.82) is 0 Å². The molecule has 1 aromatic rings. The normalized spacial score (nSPS) is 10.3. The summed E-state index contributed by atoms with van der Waals surface area (Å²) < 4.78 is 22.2. The van der Waals surface area contributed by atoms with Crippen LogP contribution in [0.15, 0.2) is 24.3 Å². The van der Waals surface area contributed by atoms with Crippen LogP contribution in [0.25, 0.3) is 0 Å². The molecule has 100 valence electrons. The Morgan fingerprint density at radius 1 is 1.33 bits per heavy atom. The molecule has 0 saturated carbocycles. The molecule has 1 aromatic carbocycles. The van der Waals surface area contributed by atoms with Gasteiger partial charge in [0, 0.05) is 13.7 Å². The molecule has 0 amide bonds. The number of carbonyl (C=O) groups excluding carboxylic acids is 1. The lowest BCUT2D eigenvalue weighted by Crippen LogP contribution is -2.18. The van der Waals surface area contributed by atoms with E-state index >= 15 is 0 Å². The van der Waals surface area contributed by atoms with Gasteiger partial charge in [-0.1, -0.05) is 12.1 Å². The molecule has 1 rings (SSSR count). The molecule has 0 radical (unpaired) electrons. The number of methoxy groups -OCH3 is 1. The lowest BCUT2D eigenvalue weighted by atomic mass is 10.2. The zero-order chi connectivity index (χ0) is 13.2. The molecule has 0 bridgehead atoms. The molecule has 0 fully saturated rings. The number of ether oxygens (including phenoxy) is 2. The summed E-state index contributed by atoms with van der Waals surface area (Å²) in [6, 6.07) is 6.34.